The summed E-state index contributed by atoms with van der Waals surface area (Å²) in [7, 11) is -2.70. The van der Waals surface area contributed by atoms with Crippen LogP contribution in [-0.2, 0) is 4.57 Å². The summed E-state index contributed by atoms with van der Waals surface area (Å²) in [6, 6.07) is 0. The smallest absolute Gasteiger partial charge is 0.313 e. The second-order valence-corrected chi connectivity index (χ2v) is 2.30. The first-order valence-corrected chi connectivity index (χ1v) is 2.92. The van der Waals surface area contributed by atoms with E-state index < -0.39 is 7.75 Å². The van der Waals surface area contributed by atoms with Gasteiger partial charge in [0.2, 0.25) is 0 Å². The predicted octanol–water partition coefficient (Wildman–Crippen LogP) is -0.702. The maximum atomic E-state index is 9.58. The van der Waals surface area contributed by atoms with Crippen molar-refractivity contribution in [1.29, 1.82) is 0 Å². The summed E-state index contributed by atoms with van der Waals surface area (Å²) in [4.78, 5) is 15.7. The average molecular weight is 111 g/mol. The third-order valence-electron chi connectivity index (χ3n) is 0.291. The topological polar surface area (TPSA) is 69.6 Å². The SMILES string of the molecule is CNP(=O)(O)O. The van der Waals surface area contributed by atoms with E-state index in [2.05, 4.69) is 0 Å². The zero-order valence-electron chi connectivity index (χ0n) is 3.25. The lowest BCUT2D eigenvalue weighted by atomic mass is 11.6. The largest absolute Gasteiger partial charge is 0.400 e. The molecule has 0 aliphatic rings. The summed E-state index contributed by atoms with van der Waals surface area (Å²) >= 11 is 0. The number of nitrogens with one attached hydrogen (secondary N) is 1. The van der Waals surface area contributed by atoms with Crippen LogP contribution in [0.25, 0.3) is 0 Å². The third-order valence-corrected chi connectivity index (χ3v) is 0.874. The Kier molecular flexibility index (Phi) is 1.74. The lowest BCUT2D eigenvalue weighted by Crippen LogP contribution is -1.98. The zero-order valence-corrected chi connectivity index (χ0v) is 4.14. The van der Waals surface area contributed by atoms with E-state index in [1.54, 1.807) is 5.09 Å². The summed E-state index contributed by atoms with van der Waals surface area (Å²) < 4.78 is 9.58. The van der Waals surface area contributed by atoms with Gasteiger partial charge in [0.15, 0.2) is 0 Å². The van der Waals surface area contributed by atoms with Gasteiger partial charge in [-0.1, -0.05) is 0 Å². The molecule has 3 N–H and O–H groups in total. The van der Waals surface area contributed by atoms with Gasteiger partial charge in [-0.25, -0.2) is 9.65 Å². The lowest BCUT2D eigenvalue weighted by Gasteiger charge is -1.95. The molecule has 6 heavy (non-hydrogen) atoms. The fourth-order valence-corrected chi connectivity index (χ4v) is 0. The first-order chi connectivity index (χ1) is 2.56. The highest BCUT2D eigenvalue weighted by Crippen LogP contribution is 2.25. The molecule has 4 nitrogen and oxygen atoms in total. The molecule has 0 fully saturated rings. The maximum Gasteiger partial charge on any atom is 0.400 e. The van der Waals surface area contributed by atoms with Crippen LogP contribution in [0.2, 0.25) is 0 Å². The molecule has 0 saturated carbocycles. The minimum absolute atomic E-state index is 1.20. The van der Waals surface area contributed by atoms with E-state index in [1.807, 2.05) is 0 Å². The summed E-state index contributed by atoms with van der Waals surface area (Å²) in [6.07, 6.45) is 0. The molecule has 0 aromatic rings. The average Bonchev–Trinajstić information content (AvgIpc) is 1.35. The van der Waals surface area contributed by atoms with Gasteiger partial charge in [0, 0.05) is 0 Å². The molecular weight excluding hydrogens is 105 g/mol. The molecule has 38 valence electrons. The Balaban J connectivity index is 3.48. The van der Waals surface area contributed by atoms with Crippen LogP contribution in [-0.4, -0.2) is 16.8 Å². The minimum atomic E-state index is -3.90. The van der Waals surface area contributed by atoms with Crippen LogP contribution in [0.1, 0.15) is 0 Å². The Labute approximate surface area is 35.4 Å². The molecule has 0 radical (unpaired) electrons. The van der Waals surface area contributed by atoms with Crippen molar-refractivity contribution in [1.82, 2.24) is 5.09 Å². The van der Waals surface area contributed by atoms with Crippen molar-refractivity contribution in [3.8, 4) is 0 Å². The monoisotopic (exact) mass is 111 g/mol. The number of rotatable bonds is 1. The van der Waals surface area contributed by atoms with E-state index in [4.69, 9.17) is 9.79 Å². The highest BCUT2D eigenvalue weighted by atomic mass is 31.2. The van der Waals surface area contributed by atoms with Crippen LogP contribution >= 0.6 is 7.75 Å². The van der Waals surface area contributed by atoms with Gasteiger partial charge in [-0.2, -0.15) is 0 Å². The second-order valence-electron chi connectivity index (χ2n) is 0.768. The van der Waals surface area contributed by atoms with Gasteiger partial charge in [-0.15, -0.1) is 0 Å². The highest BCUT2D eigenvalue weighted by molar-refractivity contribution is 7.49. The quantitative estimate of drug-likeness (QED) is 0.391. The van der Waals surface area contributed by atoms with Gasteiger partial charge >= 0.3 is 7.75 Å². The standard InChI is InChI=1S/CH6NO3P/c1-2-6(3,4)5/h1H3,(H3,2,3,4,5). The summed E-state index contributed by atoms with van der Waals surface area (Å²) in [5.74, 6) is 0. The van der Waals surface area contributed by atoms with Crippen LogP contribution in [0.5, 0.6) is 0 Å². The number of hydrogen-bond acceptors (Lipinski definition) is 1. The highest BCUT2D eigenvalue weighted by Gasteiger charge is 2.04. The maximum absolute atomic E-state index is 9.58. The van der Waals surface area contributed by atoms with Gasteiger partial charge in [0.1, 0.15) is 0 Å². The Hall–Kier alpha value is 0.110. The Morgan fingerprint density at radius 1 is 1.67 bits per heavy atom. The van der Waals surface area contributed by atoms with Crippen molar-refractivity contribution in [2.75, 3.05) is 7.05 Å². The zero-order chi connectivity index (χ0) is 5.21. The van der Waals surface area contributed by atoms with Gasteiger partial charge in [0.05, 0.1) is 0 Å². The summed E-state index contributed by atoms with van der Waals surface area (Å²) in [5.41, 5.74) is 0. The fraction of sp³-hybridized carbons (Fsp3) is 1.00. The van der Waals surface area contributed by atoms with Crippen LogP contribution in [0, 0.1) is 0 Å². The van der Waals surface area contributed by atoms with Crippen molar-refractivity contribution in [3.63, 3.8) is 0 Å². The lowest BCUT2D eigenvalue weighted by molar-refractivity contribution is 0.362. The molecule has 0 heterocycles. The minimum Gasteiger partial charge on any atom is -0.313 e. The van der Waals surface area contributed by atoms with Gasteiger partial charge in [-0.3, -0.25) is 0 Å². The molecule has 0 unspecified atom stereocenters. The first-order valence-electron chi connectivity index (χ1n) is 1.31. The first kappa shape index (κ1) is 6.11. The molecule has 0 bridgehead atoms. The van der Waals surface area contributed by atoms with E-state index >= 15 is 0 Å². The molecule has 0 aromatic heterocycles. The van der Waals surface area contributed by atoms with Crippen LogP contribution in [0.4, 0.5) is 0 Å². The predicted molar refractivity (Wildman–Crippen MR) is 21.1 cm³/mol. The van der Waals surface area contributed by atoms with Crippen molar-refractivity contribution >= 4 is 7.75 Å². The Bertz CT molecular complexity index is 74.9. The molecule has 0 spiro atoms. The molecule has 0 atom stereocenters. The summed E-state index contributed by atoms with van der Waals surface area (Å²) in [5, 5.41) is 1.77. The van der Waals surface area contributed by atoms with Gasteiger partial charge in [-0.05, 0) is 7.05 Å². The number of hydrogen-bond donors (Lipinski definition) is 3. The van der Waals surface area contributed by atoms with Crippen molar-refractivity contribution in [3.05, 3.63) is 0 Å². The molecule has 0 amide bonds. The molecule has 5 heteroatoms. The molecule has 0 saturated heterocycles. The Morgan fingerprint density at radius 2 is 1.83 bits per heavy atom. The van der Waals surface area contributed by atoms with E-state index in [9.17, 15) is 4.57 Å². The van der Waals surface area contributed by atoms with Crippen LogP contribution in [0.3, 0.4) is 0 Å². The normalized spacial score (nSPS) is 11.8. The van der Waals surface area contributed by atoms with Crippen molar-refractivity contribution in [2.24, 2.45) is 0 Å². The van der Waals surface area contributed by atoms with Gasteiger partial charge < -0.3 is 9.79 Å². The van der Waals surface area contributed by atoms with Gasteiger partial charge in [0.25, 0.3) is 0 Å². The van der Waals surface area contributed by atoms with Crippen molar-refractivity contribution in [2.45, 2.75) is 0 Å². The van der Waals surface area contributed by atoms with Crippen LogP contribution < -0.4 is 5.09 Å². The van der Waals surface area contributed by atoms with Crippen LogP contribution in [0.15, 0.2) is 0 Å². The second kappa shape index (κ2) is 1.71. The van der Waals surface area contributed by atoms with E-state index in [0.29, 0.717) is 0 Å². The molecule has 0 rings (SSSR count). The fourth-order valence-electron chi connectivity index (χ4n) is 0. The molecule has 0 aliphatic carbocycles. The molecule has 0 aliphatic heterocycles. The van der Waals surface area contributed by atoms with E-state index in [0.717, 1.165) is 0 Å². The van der Waals surface area contributed by atoms with Crippen molar-refractivity contribution < 1.29 is 14.4 Å². The summed E-state index contributed by atoms with van der Waals surface area (Å²) in [6.45, 7) is 0. The van der Waals surface area contributed by atoms with E-state index in [1.165, 1.54) is 7.05 Å². The Morgan fingerprint density at radius 3 is 1.83 bits per heavy atom. The molecule has 0 aromatic carbocycles. The van der Waals surface area contributed by atoms with E-state index in [-0.39, 0.29) is 0 Å². The third kappa shape index (κ3) is 4.11. The molecular formula is CH6NO3P.